The van der Waals surface area contributed by atoms with Crippen LogP contribution in [-0.4, -0.2) is 34.6 Å². The summed E-state index contributed by atoms with van der Waals surface area (Å²) in [5.41, 5.74) is 4.49. The zero-order chi connectivity index (χ0) is 14.7. The van der Waals surface area contributed by atoms with Crippen molar-refractivity contribution in [3.05, 3.63) is 12.5 Å². The maximum absolute atomic E-state index is 12.2. The van der Waals surface area contributed by atoms with E-state index in [0.29, 0.717) is 12.8 Å². The molecule has 0 aliphatic heterocycles. The van der Waals surface area contributed by atoms with E-state index in [-0.39, 0.29) is 10.9 Å². The van der Waals surface area contributed by atoms with Crippen LogP contribution in [-0.2, 0) is 17.1 Å². The first kappa shape index (κ1) is 15.4. The molecule has 0 saturated heterocycles. The molecule has 0 aliphatic carbocycles. The lowest BCUT2D eigenvalue weighted by Gasteiger charge is -2.30. The predicted molar refractivity (Wildman–Crippen MR) is 70.3 cm³/mol. The lowest BCUT2D eigenvalue weighted by molar-refractivity contribution is 0.307. The van der Waals surface area contributed by atoms with Gasteiger partial charge in [0.05, 0.1) is 11.9 Å². The molecule has 19 heavy (non-hydrogen) atoms. The van der Waals surface area contributed by atoms with Crippen LogP contribution in [0.5, 0.6) is 0 Å². The quantitative estimate of drug-likeness (QED) is 0.294. The van der Waals surface area contributed by atoms with Crippen molar-refractivity contribution in [3.63, 3.8) is 0 Å². The third-order valence-electron chi connectivity index (χ3n) is 3.09. The molecule has 108 valence electrons. The number of aryl methyl sites for hydroxylation is 1. The minimum absolute atomic E-state index is 0.105. The smallest absolute Gasteiger partial charge is 0.260 e. The van der Waals surface area contributed by atoms with Crippen LogP contribution in [0.3, 0.4) is 0 Å². The fourth-order valence-corrected chi connectivity index (χ4v) is 3.24. The molecule has 1 rings (SSSR count). The maximum Gasteiger partial charge on any atom is 0.260 e. The highest BCUT2D eigenvalue weighted by Gasteiger charge is 2.37. The van der Waals surface area contributed by atoms with E-state index in [1.807, 2.05) is 0 Å². The average molecular weight is 289 g/mol. The van der Waals surface area contributed by atoms with Crippen molar-refractivity contribution in [2.24, 2.45) is 17.9 Å². The number of rotatable bonds is 6. The van der Waals surface area contributed by atoms with E-state index >= 15 is 0 Å². The molecule has 0 amide bonds. The molecule has 0 unspecified atom stereocenters. The van der Waals surface area contributed by atoms with Gasteiger partial charge in [0.15, 0.2) is 10.9 Å². The molecular formula is C10H19N5O3S. The zero-order valence-electron chi connectivity index (χ0n) is 11.2. The molecule has 0 bridgehead atoms. The van der Waals surface area contributed by atoms with Gasteiger partial charge in [-0.25, -0.2) is 13.4 Å². The Hall–Kier alpha value is -1.61. The lowest BCUT2D eigenvalue weighted by Crippen LogP contribution is -2.56. The molecular weight excluding hydrogens is 270 g/mol. The summed E-state index contributed by atoms with van der Waals surface area (Å²) >= 11 is 0. The van der Waals surface area contributed by atoms with Gasteiger partial charge in [0.2, 0.25) is 0 Å². The molecule has 1 heterocycles. The van der Waals surface area contributed by atoms with Crippen LogP contribution >= 0.6 is 0 Å². The second-order valence-electron chi connectivity index (χ2n) is 4.26. The molecule has 0 aliphatic rings. The van der Waals surface area contributed by atoms with Crippen molar-refractivity contribution in [2.75, 3.05) is 0 Å². The van der Waals surface area contributed by atoms with Gasteiger partial charge in [-0.2, -0.15) is 4.72 Å². The van der Waals surface area contributed by atoms with Gasteiger partial charge in [0, 0.05) is 13.2 Å². The summed E-state index contributed by atoms with van der Waals surface area (Å²) in [6, 6.07) is 0. The van der Waals surface area contributed by atoms with Crippen molar-refractivity contribution in [1.29, 1.82) is 0 Å². The highest BCUT2D eigenvalue weighted by molar-refractivity contribution is 7.89. The van der Waals surface area contributed by atoms with Gasteiger partial charge in [0.1, 0.15) is 0 Å². The first-order valence-corrected chi connectivity index (χ1v) is 7.29. The monoisotopic (exact) mass is 289 g/mol. The fourth-order valence-electron chi connectivity index (χ4n) is 1.74. The summed E-state index contributed by atoms with van der Waals surface area (Å²) in [5, 5.41) is 11.6. The van der Waals surface area contributed by atoms with Crippen LogP contribution in [0.4, 0.5) is 0 Å². The highest BCUT2D eigenvalue weighted by atomic mass is 32.2. The van der Waals surface area contributed by atoms with E-state index in [2.05, 4.69) is 14.9 Å². The Morgan fingerprint density at radius 1 is 1.58 bits per heavy atom. The summed E-state index contributed by atoms with van der Waals surface area (Å²) < 4.78 is 28.4. The van der Waals surface area contributed by atoms with E-state index in [1.54, 1.807) is 20.9 Å². The first-order chi connectivity index (χ1) is 8.81. The number of nitrogens with two attached hydrogens (primary N) is 1. The second kappa shape index (κ2) is 5.57. The van der Waals surface area contributed by atoms with Crippen LogP contribution < -0.4 is 10.5 Å². The largest absolute Gasteiger partial charge is 0.409 e. The number of nitrogens with zero attached hydrogens (tertiary/aromatic N) is 3. The third kappa shape index (κ3) is 3.04. The molecule has 0 aromatic carbocycles. The van der Waals surface area contributed by atoms with Gasteiger partial charge >= 0.3 is 0 Å². The van der Waals surface area contributed by atoms with Gasteiger partial charge < -0.3 is 15.5 Å². The Bertz CT molecular complexity index is 559. The number of oxime groups is 1. The normalized spacial score (nSPS) is 13.7. The molecule has 0 saturated carbocycles. The first-order valence-electron chi connectivity index (χ1n) is 5.81. The number of aromatic nitrogens is 2. The fraction of sp³-hybridized carbons (Fsp3) is 0.600. The average Bonchev–Trinajstić information content (AvgIpc) is 2.82. The Balaban J connectivity index is 3.17. The molecule has 9 heteroatoms. The summed E-state index contributed by atoms with van der Waals surface area (Å²) in [6.45, 7) is 3.50. The van der Waals surface area contributed by atoms with Crippen LogP contribution in [0, 0.1) is 0 Å². The maximum atomic E-state index is 12.2. The van der Waals surface area contributed by atoms with Crippen molar-refractivity contribution in [2.45, 2.75) is 37.3 Å². The van der Waals surface area contributed by atoms with E-state index in [0.717, 1.165) is 0 Å². The van der Waals surface area contributed by atoms with E-state index in [1.165, 1.54) is 17.1 Å². The lowest BCUT2D eigenvalue weighted by atomic mass is 9.93. The topological polar surface area (TPSA) is 123 Å². The van der Waals surface area contributed by atoms with Crippen molar-refractivity contribution < 1.29 is 13.6 Å². The number of nitrogens with one attached hydrogen (secondary N) is 1. The molecule has 8 nitrogen and oxygen atoms in total. The van der Waals surface area contributed by atoms with Gasteiger partial charge in [-0.15, -0.1) is 0 Å². The summed E-state index contributed by atoms with van der Waals surface area (Å²) in [7, 11) is -2.16. The van der Waals surface area contributed by atoms with E-state index in [9.17, 15) is 8.42 Å². The van der Waals surface area contributed by atoms with Crippen molar-refractivity contribution in [3.8, 4) is 0 Å². The SMILES string of the molecule is CCC(CC)(NS(=O)(=O)c1cn(C)cn1)C(N)=NO. The highest BCUT2D eigenvalue weighted by Crippen LogP contribution is 2.19. The van der Waals surface area contributed by atoms with Gasteiger partial charge in [-0.1, -0.05) is 19.0 Å². The Morgan fingerprint density at radius 3 is 2.53 bits per heavy atom. The molecule has 0 fully saturated rings. The molecule has 1 aromatic heterocycles. The van der Waals surface area contributed by atoms with E-state index < -0.39 is 15.6 Å². The number of sulfonamides is 1. The molecule has 0 atom stereocenters. The minimum atomic E-state index is -3.83. The number of amidine groups is 1. The Morgan fingerprint density at radius 2 is 2.16 bits per heavy atom. The van der Waals surface area contributed by atoms with Crippen LogP contribution in [0.1, 0.15) is 26.7 Å². The molecule has 4 N–H and O–H groups in total. The van der Waals surface area contributed by atoms with Crippen LogP contribution in [0.25, 0.3) is 0 Å². The van der Waals surface area contributed by atoms with E-state index in [4.69, 9.17) is 10.9 Å². The minimum Gasteiger partial charge on any atom is -0.409 e. The Labute approximate surface area is 112 Å². The van der Waals surface area contributed by atoms with Gasteiger partial charge in [0.25, 0.3) is 10.0 Å². The number of hydrogen-bond acceptors (Lipinski definition) is 5. The van der Waals surface area contributed by atoms with Crippen molar-refractivity contribution >= 4 is 15.9 Å². The number of imidazole rings is 1. The van der Waals surface area contributed by atoms with Gasteiger partial charge in [-0.3, -0.25) is 0 Å². The van der Waals surface area contributed by atoms with Gasteiger partial charge in [-0.05, 0) is 12.8 Å². The Kier molecular flexibility index (Phi) is 4.53. The number of hydrogen-bond donors (Lipinski definition) is 3. The standard InChI is InChI=1S/C10H19N5O3S/c1-4-10(5-2,9(11)13-16)14-19(17,18)8-6-15(3)7-12-8/h6-7,14,16H,4-5H2,1-3H3,(H2,11,13). The van der Waals surface area contributed by atoms with Crippen LogP contribution in [0.15, 0.2) is 22.7 Å². The van der Waals surface area contributed by atoms with Crippen molar-refractivity contribution in [1.82, 2.24) is 14.3 Å². The summed E-state index contributed by atoms with van der Waals surface area (Å²) in [5.74, 6) is -0.169. The second-order valence-corrected chi connectivity index (χ2v) is 5.89. The summed E-state index contributed by atoms with van der Waals surface area (Å²) in [4.78, 5) is 3.79. The molecule has 0 radical (unpaired) electrons. The molecule has 1 aromatic rings. The summed E-state index contributed by atoms with van der Waals surface area (Å²) in [6.07, 6.45) is 3.47. The third-order valence-corrected chi connectivity index (χ3v) is 4.51. The zero-order valence-corrected chi connectivity index (χ0v) is 12.0. The molecule has 0 spiro atoms. The predicted octanol–water partition coefficient (Wildman–Crippen LogP) is 0.00360. The van der Waals surface area contributed by atoms with Crippen LogP contribution in [0.2, 0.25) is 0 Å².